The second kappa shape index (κ2) is 8.64. The van der Waals surface area contributed by atoms with Gasteiger partial charge in [-0.2, -0.15) is 0 Å². The number of carboxylic acid groups (broad SMARTS) is 1. The van der Waals surface area contributed by atoms with Crippen LogP contribution in [0, 0.1) is 6.92 Å². The van der Waals surface area contributed by atoms with Gasteiger partial charge in [0, 0.05) is 21.5 Å². The number of thiophene rings is 1. The number of ether oxygens (including phenoxy) is 1. The number of nitrogens with one attached hydrogen (secondary N) is 1. The fourth-order valence-electron chi connectivity index (χ4n) is 2.29. The van der Waals surface area contributed by atoms with Gasteiger partial charge in [0.15, 0.2) is 0 Å². The molecule has 26 heavy (non-hydrogen) atoms. The molecule has 1 amide bonds. The van der Waals surface area contributed by atoms with E-state index in [0.29, 0.717) is 16.7 Å². The molecule has 1 heterocycles. The molecule has 0 fully saturated rings. The lowest BCUT2D eigenvalue weighted by Gasteiger charge is -2.08. The standard InChI is InChI=1S/C18H16ClNO5S/c1-3-25-18(24)16-15(11-4-6-12(19)7-5-11)10(2)26-17(16)20-13(21)8-9-14(22)23/h4-9H,3H2,1-2H3,(H,20,21)(H,22,23)/p-1. The van der Waals surface area contributed by atoms with Gasteiger partial charge in [-0.3, -0.25) is 4.79 Å². The Morgan fingerprint density at radius 3 is 2.46 bits per heavy atom. The second-order valence-corrected chi connectivity index (χ2v) is 6.77. The SMILES string of the molecule is CCOC(=O)c1c(NC(=O)C=CC(=O)[O-])sc(C)c1-c1ccc(Cl)cc1. The normalized spacial score (nSPS) is 10.7. The lowest BCUT2D eigenvalue weighted by atomic mass is 10.0. The molecule has 2 aromatic rings. The maximum Gasteiger partial charge on any atom is 0.341 e. The summed E-state index contributed by atoms with van der Waals surface area (Å²) in [5.74, 6) is -2.76. The number of hydrogen-bond acceptors (Lipinski definition) is 6. The van der Waals surface area contributed by atoms with Crippen molar-refractivity contribution in [1.82, 2.24) is 0 Å². The van der Waals surface area contributed by atoms with Crippen LogP contribution in [0.3, 0.4) is 0 Å². The summed E-state index contributed by atoms with van der Waals surface area (Å²) in [5, 5.41) is 13.8. The van der Waals surface area contributed by atoms with Gasteiger partial charge in [0.1, 0.15) is 10.6 Å². The Hall–Kier alpha value is -2.64. The summed E-state index contributed by atoms with van der Waals surface area (Å²) >= 11 is 7.11. The van der Waals surface area contributed by atoms with E-state index in [0.717, 1.165) is 16.5 Å². The van der Waals surface area contributed by atoms with Crippen LogP contribution in [0.2, 0.25) is 5.02 Å². The Morgan fingerprint density at radius 2 is 1.88 bits per heavy atom. The van der Waals surface area contributed by atoms with Crippen LogP contribution in [0.5, 0.6) is 0 Å². The maximum absolute atomic E-state index is 12.5. The monoisotopic (exact) mass is 392 g/mol. The molecule has 8 heteroatoms. The van der Waals surface area contributed by atoms with E-state index in [2.05, 4.69) is 5.32 Å². The number of esters is 1. The number of aliphatic carboxylic acids is 1. The quantitative estimate of drug-likeness (QED) is 0.602. The summed E-state index contributed by atoms with van der Waals surface area (Å²) in [4.78, 5) is 35.6. The third-order valence-electron chi connectivity index (χ3n) is 3.30. The van der Waals surface area contributed by atoms with Gasteiger partial charge in [0.2, 0.25) is 5.91 Å². The van der Waals surface area contributed by atoms with Gasteiger partial charge in [-0.05, 0) is 37.6 Å². The minimum absolute atomic E-state index is 0.172. The number of rotatable bonds is 6. The highest BCUT2D eigenvalue weighted by Gasteiger charge is 2.25. The highest BCUT2D eigenvalue weighted by molar-refractivity contribution is 7.17. The van der Waals surface area contributed by atoms with Gasteiger partial charge < -0.3 is 20.0 Å². The van der Waals surface area contributed by atoms with Crippen LogP contribution >= 0.6 is 22.9 Å². The molecular formula is C18H15ClNO5S-. The molecular weight excluding hydrogens is 378 g/mol. The number of carbonyl (C=O) groups is 3. The Kier molecular flexibility index (Phi) is 6.54. The van der Waals surface area contributed by atoms with Crippen molar-refractivity contribution in [2.45, 2.75) is 13.8 Å². The van der Waals surface area contributed by atoms with Crippen molar-refractivity contribution in [2.24, 2.45) is 0 Å². The van der Waals surface area contributed by atoms with Crippen LogP contribution in [-0.4, -0.2) is 24.5 Å². The molecule has 0 aliphatic heterocycles. The first-order valence-electron chi connectivity index (χ1n) is 7.60. The number of benzene rings is 1. The van der Waals surface area contributed by atoms with Crippen LogP contribution in [0.4, 0.5) is 5.00 Å². The number of carbonyl (C=O) groups excluding carboxylic acids is 3. The van der Waals surface area contributed by atoms with Crippen molar-refractivity contribution in [3.63, 3.8) is 0 Å². The van der Waals surface area contributed by atoms with Gasteiger partial charge in [-0.1, -0.05) is 23.7 Å². The molecule has 6 nitrogen and oxygen atoms in total. The number of amides is 1. The van der Waals surface area contributed by atoms with Crippen molar-refractivity contribution in [3.05, 3.63) is 51.9 Å². The summed E-state index contributed by atoms with van der Waals surface area (Å²) < 4.78 is 5.12. The number of halogens is 1. The van der Waals surface area contributed by atoms with Gasteiger partial charge in [0.25, 0.3) is 0 Å². The number of hydrogen-bond donors (Lipinski definition) is 1. The average Bonchev–Trinajstić information content (AvgIpc) is 2.90. The van der Waals surface area contributed by atoms with E-state index in [9.17, 15) is 19.5 Å². The van der Waals surface area contributed by atoms with E-state index in [1.54, 1.807) is 31.2 Å². The molecule has 0 aliphatic carbocycles. The number of anilines is 1. The smallest absolute Gasteiger partial charge is 0.341 e. The zero-order chi connectivity index (χ0) is 19.3. The van der Waals surface area contributed by atoms with Crippen LogP contribution in [0.15, 0.2) is 36.4 Å². The molecule has 0 radical (unpaired) electrons. The Morgan fingerprint density at radius 1 is 1.23 bits per heavy atom. The van der Waals surface area contributed by atoms with E-state index in [-0.39, 0.29) is 17.2 Å². The average molecular weight is 393 g/mol. The summed E-state index contributed by atoms with van der Waals surface area (Å²) in [7, 11) is 0. The van der Waals surface area contributed by atoms with Crippen molar-refractivity contribution >= 4 is 45.8 Å². The number of aryl methyl sites for hydroxylation is 1. The van der Waals surface area contributed by atoms with Crippen molar-refractivity contribution < 1.29 is 24.2 Å². The molecule has 0 spiro atoms. The van der Waals surface area contributed by atoms with Crippen LogP contribution in [0.1, 0.15) is 22.2 Å². The topological polar surface area (TPSA) is 95.5 Å². The van der Waals surface area contributed by atoms with Crippen LogP contribution in [-0.2, 0) is 14.3 Å². The van der Waals surface area contributed by atoms with Gasteiger partial charge in [-0.15, -0.1) is 11.3 Å². The minimum Gasteiger partial charge on any atom is -0.545 e. The van der Waals surface area contributed by atoms with Gasteiger partial charge >= 0.3 is 5.97 Å². The Labute approximate surface area is 159 Å². The summed E-state index contributed by atoms with van der Waals surface area (Å²) in [6, 6.07) is 6.93. The first-order valence-corrected chi connectivity index (χ1v) is 8.79. The first kappa shape index (κ1) is 19.7. The molecule has 2 rings (SSSR count). The fourth-order valence-corrected chi connectivity index (χ4v) is 3.49. The predicted molar refractivity (Wildman–Crippen MR) is 98.2 cm³/mol. The van der Waals surface area contributed by atoms with Crippen molar-refractivity contribution in [3.8, 4) is 11.1 Å². The largest absolute Gasteiger partial charge is 0.545 e. The third-order valence-corrected chi connectivity index (χ3v) is 4.58. The zero-order valence-electron chi connectivity index (χ0n) is 14.0. The highest BCUT2D eigenvalue weighted by atomic mass is 35.5. The predicted octanol–water partition coefficient (Wildman–Crippen LogP) is 2.80. The maximum atomic E-state index is 12.5. The molecule has 0 unspecified atom stereocenters. The van der Waals surface area contributed by atoms with E-state index in [4.69, 9.17) is 16.3 Å². The molecule has 0 atom stereocenters. The van der Waals surface area contributed by atoms with E-state index < -0.39 is 17.8 Å². The van der Waals surface area contributed by atoms with Crippen molar-refractivity contribution in [2.75, 3.05) is 11.9 Å². The molecule has 0 saturated carbocycles. The molecule has 1 aromatic heterocycles. The minimum atomic E-state index is -1.49. The summed E-state index contributed by atoms with van der Waals surface area (Å²) in [6.07, 6.45) is 1.43. The van der Waals surface area contributed by atoms with E-state index in [1.165, 1.54) is 11.3 Å². The van der Waals surface area contributed by atoms with Crippen LogP contribution < -0.4 is 10.4 Å². The van der Waals surface area contributed by atoms with Gasteiger partial charge in [-0.25, -0.2) is 4.79 Å². The second-order valence-electron chi connectivity index (χ2n) is 5.11. The number of carboxylic acids is 1. The molecule has 1 aromatic carbocycles. The molecule has 136 valence electrons. The fraction of sp³-hybridized carbons (Fsp3) is 0.167. The van der Waals surface area contributed by atoms with Crippen molar-refractivity contribution in [1.29, 1.82) is 0 Å². The third kappa shape index (κ3) is 4.71. The summed E-state index contributed by atoms with van der Waals surface area (Å²) in [5.41, 5.74) is 1.59. The van der Waals surface area contributed by atoms with E-state index in [1.807, 2.05) is 6.92 Å². The van der Waals surface area contributed by atoms with Crippen LogP contribution in [0.25, 0.3) is 11.1 Å². The van der Waals surface area contributed by atoms with Gasteiger partial charge in [0.05, 0.1) is 12.6 Å². The molecule has 0 bridgehead atoms. The molecule has 1 N–H and O–H groups in total. The lowest BCUT2D eigenvalue weighted by Crippen LogP contribution is -2.20. The Bertz CT molecular complexity index is 870. The van der Waals surface area contributed by atoms with E-state index >= 15 is 0 Å². The lowest BCUT2D eigenvalue weighted by molar-refractivity contribution is -0.297. The Balaban J connectivity index is 2.50. The zero-order valence-corrected chi connectivity index (χ0v) is 15.6. The summed E-state index contributed by atoms with van der Waals surface area (Å²) in [6.45, 7) is 3.66. The molecule has 0 aliphatic rings. The first-order chi connectivity index (χ1) is 12.3. The molecule has 0 saturated heterocycles. The highest BCUT2D eigenvalue weighted by Crippen LogP contribution is 2.40.